The molecule has 0 bridgehead atoms. The normalized spacial score (nSPS) is 8.86. The zero-order valence-electron chi connectivity index (χ0n) is 7.53. The molecule has 0 aliphatic carbocycles. The summed E-state index contributed by atoms with van der Waals surface area (Å²) in [5.74, 6) is 1.60. The largest absolute Gasteiger partial charge is 0.479 e. The van der Waals surface area contributed by atoms with E-state index in [1.807, 2.05) is 6.07 Å². The van der Waals surface area contributed by atoms with Crippen LogP contribution in [-0.4, -0.2) is 12.5 Å². The Balaban J connectivity index is 2.89. The fourth-order valence-corrected chi connectivity index (χ4v) is 1.83. The predicted molar refractivity (Wildman–Crippen MR) is 53.9 cm³/mol. The first-order valence-electron chi connectivity index (χ1n) is 3.81. The fourth-order valence-electron chi connectivity index (χ4n) is 0.942. The second-order valence-electron chi connectivity index (χ2n) is 2.50. The highest BCUT2D eigenvalue weighted by atomic mass is 32.1. The molecular weight excluding hydrogens is 200 g/mol. The number of nitriles is 1. The van der Waals surface area contributed by atoms with E-state index in [9.17, 15) is 4.79 Å². The van der Waals surface area contributed by atoms with E-state index in [1.165, 1.54) is 17.4 Å². The molecule has 0 spiro atoms. The van der Waals surface area contributed by atoms with Gasteiger partial charge in [0, 0.05) is 11.6 Å². The third-order valence-corrected chi connectivity index (χ3v) is 2.66. The highest BCUT2D eigenvalue weighted by molar-refractivity contribution is 7.18. The molecule has 1 heterocycles. The van der Waals surface area contributed by atoms with Gasteiger partial charge >= 0.3 is 0 Å². The first kappa shape index (κ1) is 10.3. The number of carbonyl (C=O) groups excluding carboxylic acids is 1. The Hall–Kier alpha value is -1.76. The quantitative estimate of drug-likeness (QED) is 0.759. The maximum absolute atomic E-state index is 9.87. The summed E-state index contributed by atoms with van der Waals surface area (Å²) in [6.45, 7) is 1.90. The Labute approximate surface area is 85.2 Å². The summed E-state index contributed by atoms with van der Waals surface area (Å²) in [5.41, 5.74) is 6.75. The number of nitrogen functional groups attached to an aromatic ring is 1. The fraction of sp³-hybridized carbons (Fsp3) is 0.222. The van der Waals surface area contributed by atoms with Crippen LogP contribution in [-0.2, 0) is 4.79 Å². The van der Waals surface area contributed by atoms with Gasteiger partial charge in [-0.2, -0.15) is 5.26 Å². The minimum Gasteiger partial charge on any atom is -0.479 e. The minimum absolute atomic E-state index is 0.148. The van der Waals surface area contributed by atoms with Crippen LogP contribution in [0.1, 0.15) is 11.1 Å². The lowest BCUT2D eigenvalue weighted by Gasteiger charge is -1.98. The van der Waals surface area contributed by atoms with Gasteiger partial charge in [0.1, 0.15) is 23.6 Å². The molecular formula is C9H8N2O2S. The zero-order chi connectivity index (χ0) is 10.6. The van der Waals surface area contributed by atoms with E-state index in [0.29, 0.717) is 21.2 Å². The van der Waals surface area contributed by atoms with Crippen LogP contribution in [0.3, 0.4) is 0 Å². The molecule has 0 aliphatic rings. The summed E-state index contributed by atoms with van der Waals surface area (Å²) < 4.78 is 5.21. The van der Waals surface area contributed by atoms with Gasteiger partial charge < -0.3 is 10.5 Å². The van der Waals surface area contributed by atoms with Crippen molar-refractivity contribution in [3.8, 4) is 11.1 Å². The molecule has 0 fully saturated rings. The van der Waals surface area contributed by atoms with Gasteiger partial charge in [0.2, 0.25) is 0 Å². The van der Waals surface area contributed by atoms with Crippen LogP contribution in [0.25, 0.3) is 0 Å². The Morgan fingerprint density at radius 3 is 2.93 bits per heavy atom. The average molecular weight is 208 g/mol. The van der Waals surface area contributed by atoms with Crippen molar-refractivity contribution >= 4 is 22.3 Å². The molecule has 0 atom stereocenters. The Morgan fingerprint density at radius 1 is 1.71 bits per heavy atom. The molecule has 72 valence electrons. The van der Waals surface area contributed by atoms with Gasteiger partial charge in [-0.3, -0.25) is 0 Å². The number of hydrogen-bond donors (Lipinski definition) is 1. The molecule has 1 aromatic heterocycles. The number of thiophene rings is 1. The molecule has 0 aliphatic heterocycles. The van der Waals surface area contributed by atoms with E-state index in [0.717, 1.165) is 0 Å². The van der Waals surface area contributed by atoms with Gasteiger partial charge in [0.05, 0.1) is 5.56 Å². The Bertz CT molecular complexity index is 425. The van der Waals surface area contributed by atoms with Crippen molar-refractivity contribution in [2.45, 2.75) is 6.92 Å². The van der Waals surface area contributed by atoms with E-state index in [-0.39, 0.29) is 6.61 Å². The maximum atomic E-state index is 9.87. The minimum atomic E-state index is 0.148. The van der Waals surface area contributed by atoms with Gasteiger partial charge in [-0.15, -0.1) is 0 Å². The van der Waals surface area contributed by atoms with Crippen molar-refractivity contribution in [3.63, 3.8) is 0 Å². The van der Waals surface area contributed by atoms with Crippen LogP contribution in [0.5, 0.6) is 5.06 Å². The number of ether oxygens (including phenoxy) is 1. The number of anilines is 1. The molecule has 1 rings (SSSR count). The summed E-state index contributed by atoms with van der Waals surface area (Å²) in [7, 11) is 0. The van der Waals surface area contributed by atoms with Crippen LogP contribution in [0.15, 0.2) is 6.08 Å². The Morgan fingerprint density at radius 2 is 2.43 bits per heavy atom. The van der Waals surface area contributed by atoms with Crippen molar-refractivity contribution in [1.82, 2.24) is 0 Å². The lowest BCUT2D eigenvalue weighted by molar-refractivity contribution is 0.371. The van der Waals surface area contributed by atoms with E-state index in [1.54, 1.807) is 12.9 Å². The second kappa shape index (κ2) is 4.47. The van der Waals surface area contributed by atoms with Crippen LogP contribution in [0.4, 0.5) is 5.00 Å². The van der Waals surface area contributed by atoms with Crippen molar-refractivity contribution in [2.24, 2.45) is 0 Å². The highest BCUT2D eigenvalue weighted by Crippen LogP contribution is 2.36. The second-order valence-corrected chi connectivity index (χ2v) is 3.51. The number of nitrogens with zero attached hydrogens (tertiary/aromatic N) is 1. The monoisotopic (exact) mass is 208 g/mol. The van der Waals surface area contributed by atoms with Crippen LogP contribution in [0.2, 0.25) is 0 Å². The van der Waals surface area contributed by atoms with Gasteiger partial charge in [-0.25, -0.2) is 4.79 Å². The summed E-state index contributed by atoms with van der Waals surface area (Å²) >= 11 is 1.20. The summed E-state index contributed by atoms with van der Waals surface area (Å²) in [5, 5.41) is 9.75. The van der Waals surface area contributed by atoms with Crippen LogP contribution < -0.4 is 10.5 Å². The topological polar surface area (TPSA) is 76.1 Å². The smallest absolute Gasteiger partial charge is 0.180 e. The highest BCUT2D eigenvalue weighted by Gasteiger charge is 2.12. The first-order chi connectivity index (χ1) is 6.70. The maximum Gasteiger partial charge on any atom is 0.180 e. The van der Waals surface area contributed by atoms with E-state index in [2.05, 4.69) is 0 Å². The number of hydrogen-bond acceptors (Lipinski definition) is 5. The van der Waals surface area contributed by atoms with Crippen molar-refractivity contribution in [1.29, 1.82) is 5.26 Å². The third kappa shape index (κ3) is 1.94. The van der Waals surface area contributed by atoms with E-state index < -0.39 is 0 Å². The van der Waals surface area contributed by atoms with Crippen molar-refractivity contribution in [3.05, 3.63) is 17.2 Å². The van der Waals surface area contributed by atoms with E-state index >= 15 is 0 Å². The average Bonchev–Trinajstić information content (AvgIpc) is 2.42. The zero-order valence-corrected chi connectivity index (χ0v) is 8.35. The standard InChI is InChI=1S/C9H8N2O2S/c1-6-7(5-10)8(11)14-9(6)13-4-2-3-12/h2H,4,11H2,1H3. The van der Waals surface area contributed by atoms with Gasteiger partial charge in [0.15, 0.2) is 5.06 Å². The SMILES string of the molecule is Cc1c(OCC=C=O)sc(N)c1C#N. The molecule has 4 nitrogen and oxygen atoms in total. The predicted octanol–water partition coefficient (Wildman–Crippen LogP) is 1.28. The van der Waals surface area contributed by atoms with Crippen LogP contribution in [0, 0.1) is 18.3 Å². The molecule has 1 aromatic rings. The Kier molecular flexibility index (Phi) is 3.29. The number of rotatable bonds is 3. The lowest BCUT2D eigenvalue weighted by atomic mass is 10.2. The lowest BCUT2D eigenvalue weighted by Crippen LogP contribution is -1.92. The molecule has 0 amide bonds. The summed E-state index contributed by atoms with van der Waals surface area (Å²) in [6, 6.07) is 1.99. The third-order valence-electron chi connectivity index (χ3n) is 1.62. The molecule has 0 unspecified atom stereocenters. The van der Waals surface area contributed by atoms with Crippen LogP contribution >= 0.6 is 11.3 Å². The molecule has 0 saturated heterocycles. The molecule has 5 heteroatoms. The van der Waals surface area contributed by atoms with Gasteiger partial charge in [-0.1, -0.05) is 11.3 Å². The van der Waals surface area contributed by atoms with Gasteiger partial charge in [-0.05, 0) is 6.92 Å². The van der Waals surface area contributed by atoms with Gasteiger partial charge in [0.25, 0.3) is 0 Å². The first-order valence-corrected chi connectivity index (χ1v) is 4.63. The molecule has 0 radical (unpaired) electrons. The molecule has 14 heavy (non-hydrogen) atoms. The molecule has 0 aromatic carbocycles. The number of nitrogens with two attached hydrogens (primary N) is 1. The summed E-state index contributed by atoms with van der Waals surface area (Å²) in [4.78, 5) is 9.87. The van der Waals surface area contributed by atoms with Crippen molar-refractivity contribution < 1.29 is 9.53 Å². The van der Waals surface area contributed by atoms with Crippen molar-refractivity contribution in [2.75, 3.05) is 12.3 Å². The molecule has 0 saturated carbocycles. The molecule has 2 N–H and O–H groups in total. The summed E-state index contributed by atoms with van der Waals surface area (Å²) in [6.07, 6.45) is 1.22. The van der Waals surface area contributed by atoms with E-state index in [4.69, 9.17) is 15.7 Å².